The first-order valence-corrected chi connectivity index (χ1v) is 11.0. The topological polar surface area (TPSA) is 89.2 Å². The fourth-order valence-electron chi connectivity index (χ4n) is 4.62. The summed E-state index contributed by atoms with van der Waals surface area (Å²) in [5, 5.41) is 12.3. The van der Waals surface area contributed by atoms with Crippen LogP contribution in [0.5, 0.6) is 0 Å². The lowest BCUT2D eigenvalue weighted by Gasteiger charge is -2.32. The summed E-state index contributed by atoms with van der Waals surface area (Å²) < 4.78 is 7.16. The molecule has 1 aliphatic rings. The Morgan fingerprint density at radius 3 is 2.76 bits per heavy atom. The zero-order chi connectivity index (χ0) is 22.2. The van der Waals surface area contributed by atoms with Crippen molar-refractivity contribution in [2.45, 2.75) is 19.4 Å². The highest BCUT2D eigenvalue weighted by Gasteiger charge is 2.28. The second-order valence-electron chi connectivity index (χ2n) is 8.26. The van der Waals surface area contributed by atoms with E-state index in [1.54, 1.807) is 25.1 Å². The second-order valence-corrected chi connectivity index (χ2v) is 8.67. The van der Waals surface area contributed by atoms with Crippen molar-refractivity contribution in [3.63, 3.8) is 0 Å². The van der Waals surface area contributed by atoms with E-state index < -0.39 is 0 Å². The molecule has 0 spiro atoms. The van der Waals surface area contributed by atoms with Crippen LogP contribution in [-0.2, 0) is 0 Å². The Hall–Kier alpha value is -2.87. The van der Waals surface area contributed by atoms with E-state index in [1.807, 2.05) is 34.9 Å². The molecule has 1 amide bonds. The summed E-state index contributed by atoms with van der Waals surface area (Å²) in [5.41, 5.74) is 1.75. The van der Waals surface area contributed by atoms with Gasteiger partial charge in [0, 0.05) is 24.0 Å². The third-order valence-corrected chi connectivity index (χ3v) is 6.47. The number of hydrogen-bond donors (Lipinski definition) is 2. The molecule has 0 radical (unpaired) electrons. The minimum Gasteiger partial charge on any atom is -0.360 e. The molecular weight excluding hydrogens is 463 g/mol. The van der Waals surface area contributed by atoms with Gasteiger partial charge in [-0.05, 0) is 50.1 Å². The maximum Gasteiger partial charge on any atom is 0.264 e. The number of piperidine rings is 1. The van der Waals surface area contributed by atoms with Crippen molar-refractivity contribution in [2.75, 3.05) is 19.6 Å². The normalized spacial score (nSPS) is 18.2. The van der Waals surface area contributed by atoms with Crippen LogP contribution >= 0.6 is 24.0 Å². The molecule has 0 aliphatic carbocycles. The lowest BCUT2D eigenvalue weighted by atomic mass is 9.94. The summed E-state index contributed by atoms with van der Waals surface area (Å²) in [7, 11) is 0. The molecule has 1 fully saturated rings. The molecule has 4 aromatic rings. The van der Waals surface area contributed by atoms with Gasteiger partial charge in [0.25, 0.3) is 11.5 Å². The molecule has 2 unspecified atom stereocenters. The number of amides is 1. The van der Waals surface area contributed by atoms with E-state index in [9.17, 15) is 9.59 Å². The number of nitrogens with one attached hydrogen (secondary N) is 2. The number of carbonyl (C=O) groups excluding carboxylic acids is 1. The van der Waals surface area contributed by atoms with Crippen molar-refractivity contribution in [3.05, 3.63) is 75.2 Å². The molecule has 3 heterocycles. The van der Waals surface area contributed by atoms with E-state index in [0.29, 0.717) is 40.3 Å². The minimum absolute atomic E-state index is 0. The van der Waals surface area contributed by atoms with E-state index in [2.05, 4.69) is 15.8 Å². The van der Waals surface area contributed by atoms with E-state index in [0.717, 1.165) is 23.9 Å². The van der Waals surface area contributed by atoms with Crippen molar-refractivity contribution >= 4 is 51.7 Å². The van der Waals surface area contributed by atoms with Crippen LogP contribution in [0.15, 0.2) is 57.8 Å². The van der Waals surface area contributed by atoms with Gasteiger partial charge in [0.2, 0.25) is 0 Å². The minimum atomic E-state index is -0.130. The van der Waals surface area contributed by atoms with Crippen LogP contribution in [0.1, 0.15) is 28.6 Å². The average Bonchev–Trinajstić information content (AvgIpc) is 3.20. The van der Waals surface area contributed by atoms with Crippen LogP contribution in [0.2, 0.25) is 5.02 Å². The number of aromatic nitrogens is 2. The highest BCUT2D eigenvalue weighted by atomic mass is 35.5. The fourth-order valence-corrected chi connectivity index (χ4v) is 4.88. The van der Waals surface area contributed by atoms with Gasteiger partial charge >= 0.3 is 0 Å². The Morgan fingerprint density at radius 2 is 1.97 bits per heavy atom. The number of aryl methyl sites for hydroxylation is 1. The number of nitrogens with zero attached hydrogens (tertiary/aromatic N) is 2. The molecule has 7 nitrogen and oxygen atoms in total. The van der Waals surface area contributed by atoms with Crippen LogP contribution < -0.4 is 16.2 Å². The Labute approximate surface area is 201 Å². The largest absolute Gasteiger partial charge is 0.360 e. The monoisotopic (exact) mass is 486 g/mol. The predicted octanol–water partition coefficient (Wildman–Crippen LogP) is 4.11. The molecule has 172 valence electrons. The van der Waals surface area contributed by atoms with Gasteiger partial charge in [-0.25, -0.2) is 0 Å². The summed E-state index contributed by atoms with van der Waals surface area (Å²) in [6.45, 7) is 3.69. The van der Waals surface area contributed by atoms with E-state index >= 15 is 0 Å². The van der Waals surface area contributed by atoms with Gasteiger partial charge in [0.05, 0.1) is 16.6 Å². The van der Waals surface area contributed by atoms with E-state index in [4.69, 9.17) is 16.1 Å². The molecule has 1 aliphatic heterocycles. The Morgan fingerprint density at radius 1 is 1.18 bits per heavy atom. The number of pyridine rings is 1. The molecular formula is C24H24Cl2N4O3. The number of rotatable bonds is 4. The first kappa shape index (κ1) is 23.3. The van der Waals surface area contributed by atoms with Crippen LogP contribution in [0, 0.1) is 12.8 Å². The average molecular weight is 487 g/mol. The van der Waals surface area contributed by atoms with Crippen LogP contribution in [-0.4, -0.2) is 35.3 Å². The molecule has 2 N–H and O–H groups in total. The first-order valence-electron chi connectivity index (χ1n) is 10.7. The molecule has 0 bridgehead atoms. The van der Waals surface area contributed by atoms with Crippen LogP contribution in [0.3, 0.4) is 0 Å². The highest BCUT2D eigenvalue weighted by molar-refractivity contribution is 6.37. The third-order valence-electron chi connectivity index (χ3n) is 6.15. The zero-order valence-corrected chi connectivity index (χ0v) is 19.6. The van der Waals surface area contributed by atoms with Gasteiger partial charge in [-0.3, -0.25) is 9.59 Å². The molecule has 5 rings (SSSR count). The molecule has 9 heteroatoms. The number of benzene rings is 2. The maximum absolute atomic E-state index is 13.5. The van der Waals surface area contributed by atoms with Crippen LogP contribution in [0.4, 0.5) is 0 Å². The van der Waals surface area contributed by atoms with Gasteiger partial charge in [-0.1, -0.05) is 41.0 Å². The zero-order valence-electron chi connectivity index (χ0n) is 18.0. The van der Waals surface area contributed by atoms with Crippen molar-refractivity contribution in [1.29, 1.82) is 0 Å². The van der Waals surface area contributed by atoms with Crippen molar-refractivity contribution in [3.8, 4) is 0 Å². The quantitative estimate of drug-likeness (QED) is 0.453. The summed E-state index contributed by atoms with van der Waals surface area (Å²) in [5.74, 6) is 0.571. The van der Waals surface area contributed by atoms with Gasteiger partial charge in [-0.2, -0.15) is 0 Å². The molecule has 2 aromatic heterocycles. The van der Waals surface area contributed by atoms with Gasteiger partial charge in [0.1, 0.15) is 16.7 Å². The Bertz CT molecular complexity index is 1370. The molecule has 2 atom stereocenters. The predicted molar refractivity (Wildman–Crippen MR) is 132 cm³/mol. The van der Waals surface area contributed by atoms with Crippen molar-refractivity contribution in [1.82, 2.24) is 20.4 Å². The van der Waals surface area contributed by atoms with E-state index in [-0.39, 0.29) is 35.8 Å². The van der Waals surface area contributed by atoms with Gasteiger partial charge in [0.15, 0.2) is 0 Å². The van der Waals surface area contributed by atoms with E-state index in [1.165, 1.54) is 0 Å². The first-order chi connectivity index (χ1) is 15.5. The Balaban J connectivity index is 0.00000259. The van der Waals surface area contributed by atoms with Gasteiger partial charge in [-0.15, -0.1) is 12.4 Å². The summed E-state index contributed by atoms with van der Waals surface area (Å²) in [4.78, 5) is 26.0. The third kappa shape index (κ3) is 4.24. The number of carbonyl (C=O) groups is 1. The van der Waals surface area contributed by atoms with Crippen molar-refractivity contribution in [2.24, 2.45) is 5.92 Å². The summed E-state index contributed by atoms with van der Waals surface area (Å²) in [6, 6.07) is 14.6. The molecule has 0 saturated carbocycles. The smallest absolute Gasteiger partial charge is 0.264 e. The highest BCUT2D eigenvalue weighted by Crippen LogP contribution is 2.33. The lowest BCUT2D eigenvalue weighted by molar-refractivity contribution is 0.0942. The number of halogens is 2. The number of hydrogen-bond acceptors (Lipinski definition) is 5. The maximum atomic E-state index is 13.5. The Kier molecular flexibility index (Phi) is 6.74. The lowest BCUT2D eigenvalue weighted by Crippen LogP contribution is -2.44. The summed E-state index contributed by atoms with van der Waals surface area (Å²) in [6.07, 6.45) is 0.749. The van der Waals surface area contributed by atoms with Gasteiger partial charge < -0.3 is 19.7 Å². The molecule has 33 heavy (non-hydrogen) atoms. The van der Waals surface area contributed by atoms with Crippen molar-refractivity contribution < 1.29 is 9.32 Å². The molecule has 1 saturated heterocycles. The SMILES string of the molecule is Cc1onc2c1c(=O)n(C1CNCC(CNC(=O)c3ccccc3)C1)c1cccc(Cl)c21.Cl. The van der Waals surface area contributed by atoms with Crippen LogP contribution in [0.25, 0.3) is 21.8 Å². The molecule has 2 aromatic carbocycles. The standard InChI is InChI=1S/C24H23ClN4O3.ClH/c1-14-20-22(28-32-14)21-18(25)8-5-9-19(21)29(24(20)31)17-10-15(11-26-13-17)12-27-23(30)16-6-3-2-4-7-16;/h2-9,15,17,26H,10-13H2,1H3,(H,27,30);1H. The second kappa shape index (κ2) is 9.55. The number of fused-ring (bicyclic) bond motifs is 3. The summed E-state index contributed by atoms with van der Waals surface area (Å²) >= 11 is 6.52. The fraction of sp³-hybridized carbons (Fsp3) is 0.292.